The number of aryl methyl sites for hydroxylation is 2. The lowest BCUT2D eigenvalue weighted by molar-refractivity contribution is 0.463. The Morgan fingerprint density at radius 3 is 2.33 bits per heavy atom. The van der Waals surface area contributed by atoms with Crippen molar-refractivity contribution < 1.29 is 4.74 Å². The number of ether oxygens (including phenoxy) is 1. The number of nitrogens with zero attached hydrogens (tertiary/aromatic N) is 2. The minimum Gasteiger partial charge on any atom is -0.453 e. The molecule has 1 aromatic heterocycles. The molecule has 0 atom stereocenters. The molecule has 2 aromatic rings. The summed E-state index contributed by atoms with van der Waals surface area (Å²) in [6.07, 6.45) is 1.69. The maximum atomic E-state index is 6.04. The highest BCUT2D eigenvalue weighted by Crippen LogP contribution is 2.33. The van der Waals surface area contributed by atoms with Gasteiger partial charge in [0.15, 0.2) is 5.75 Å². The molecule has 0 fully saturated rings. The van der Waals surface area contributed by atoms with Crippen molar-refractivity contribution in [3.63, 3.8) is 0 Å². The molecular weight excluding hydrogens is 307 g/mol. The van der Waals surface area contributed by atoms with E-state index in [1.54, 1.807) is 6.20 Å². The van der Waals surface area contributed by atoms with Gasteiger partial charge < -0.3 is 4.74 Å². The predicted molar refractivity (Wildman–Crippen MR) is 86.7 cm³/mol. The fourth-order valence-corrected chi connectivity index (χ4v) is 2.57. The summed E-state index contributed by atoms with van der Waals surface area (Å²) < 4.78 is 5.98. The molecule has 112 valence electrons. The van der Waals surface area contributed by atoms with Gasteiger partial charge in [-0.3, -0.25) is 0 Å². The minimum atomic E-state index is 0.250. The van der Waals surface area contributed by atoms with Gasteiger partial charge in [0.1, 0.15) is 17.3 Å². The fraction of sp³-hybridized carbons (Fsp3) is 0.375. The van der Waals surface area contributed by atoms with Gasteiger partial charge in [0.05, 0.1) is 12.1 Å². The van der Waals surface area contributed by atoms with Crippen LogP contribution >= 0.6 is 23.2 Å². The van der Waals surface area contributed by atoms with Crippen LogP contribution in [-0.2, 0) is 5.88 Å². The van der Waals surface area contributed by atoms with Crippen molar-refractivity contribution in [3.8, 4) is 11.5 Å². The first-order valence-corrected chi connectivity index (χ1v) is 7.70. The first-order valence-electron chi connectivity index (χ1n) is 6.78. The van der Waals surface area contributed by atoms with Gasteiger partial charge in [-0.2, -0.15) is 0 Å². The number of alkyl halides is 1. The largest absolute Gasteiger partial charge is 0.453 e. The summed E-state index contributed by atoms with van der Waals surface area (Å²) in [7, 11) is 0. The number of aromatic nitrogens is 2. The zero-order valence-corrected chi connectivity index (χ0v) is 14.1. The molecule has 21 heavy (non-hydrogen) atoms. The summed E-state index contributed by atoms with van der Waals surface area (Å²) in [6, 6.07) is 3.74. The second-order valence-electron chi connectivity index (χ2n) is 5.30. The lowest BCUT2D eigenvalue weighted by Crippen LogP contribution is -2.03. The fourth-order valence-electron chi connectivity index (χ4n) is 2.05. The van der Waals surface area contributed by atoms with Gasteiger partial charge in [-0.05, 0) is 37.1 Å². The number of halogens is 2. The van der Waals surface area contributed by atoms with Crippen LogP contribution in [0.3, 0.4) is 0 Å². The molecule has 1 heterocycles. The third-order valence-corrected chi connectivity index (χ3v) is 3.60. The van der Waals surface area contributed by atoms with Gasteiger partial charge >= 0.3 is 0 Å². The SMILES string of the molecule is Cc1cc(Cl)cc(C)c1Oc1cnc(C(C)C)nc1CCl. The minimum absolute atomic E-state index is 0.250. The Labute approximate surface area is 135 Å². The number of hydrogen-bond acceptors (Lipinski definition) is 3. The molecule has 0 spiro atoms. The van der Waals surface area contributed by atoms with E-state index >= 15 is 0 Å². The van der Waals surface area contributed by atoms with E-state index in [1.807, 2.05) is 39.8 Å². The van der Waals surface area contributed by atoms with E-state index in [1.165, 1.54) is 0 Å². The second kappa shape index (κ2) is 6.63. The molecule has 0 bridgehead atoms. The van der Waals surface area contributed by atoms with Crippen molar-refractivity contribution >= 4 is 23.2 Å². The van der Waals surface area contributed by atoms with Gasteiger partial charge in [-0.15, -0.1) is 11.6 Å². The van der Waals surface area contributed by atoms with Crippen molar-refractivity contribution in [1.29, 1.82) is 0 Å². The van der Waals surface area contributed by atoms with Crippen LogP contribution in [0.2, 0.25) is 5.02 Å². The molecule has 0 radical (unpaired) electrons. The molecule has 0 aliphatic rings. The lowest BCUT2D eigenvalue weighted by Gasteiger charge is -2.15. The molecule has 5 heteroatoms. The van der Waals surface area contributed by atoms with Crippen molar-refractivity contribution in [1.82, 2.24) is 9.97 Å². The molecule has 1 aromatic carbocycles. The third-order valence-electron chi connectivity index (χ3n) is 3.13. The van der Waals surface area contributed by atoms with E-state index in [2.05, 4.69) is 9.97 Å². The van der Waals surface area contributed by atoms with Crippen molar-refractivity contribution in [3.05, 3.63) is 46.0 Å². The zero-order valence-electron chi connectivity index (χ0n) is 12.6. The second-order valence-corrected chi connectivity index (χ2v) is 6.00. The average molecular weight is 325 g/mol. The molecule has 0 aliphatic carbocycles. The van der Waals surface area contributed by atoms with Crippen LogP contribution in [0, 0.1) is 13.8 Å². The monoisotopic (exact) mass is 324 g/mol. The van der Waals surface area contributed by atoms with Crippen LogP contribution < -0.4 is 4.74 Å². The number of hydrogen-bond donors (Lipinski definition) is 0. The molecule has 0 N–H and O–H groups in total. The van der Waals surface area contributed by atoms with Crippen LogP contribution in [0.5, 0.6) is 11.5 Å². The maximum Gasteiger partial charge on any atom is 0.168 e. The Bertz CT molecular complexity index is 634. The van der Waals surface area contributed by atoms with E-state index in [0.29, 0.717) is 16.5 Å². The summed E-state index contributed by atoms with van der Waals surface area (Å²) in [5.74, 6) is 2.65. The Balaban J connectivity index is 2.40. The molecule has 0 aliphatic heterocycles. The standard InChI is InChI=1S/C16H18Cl2N2O/c1-9(2)16-19-8-14(13(7-17)20-16)21-15-10(3)5-12(18)6-11(15)4/h5-6,8-9H,7H2,1-4H3. The lowest BCUT2D eigenvalue weighted by atomic mass is 10.1. The highest BCUT2D eigenvalue weighted by atomic mass is 35.5. The Kier molecular flexibility index (Phi) is 5.07. The maximum absolute atomic E-state index is 6.04. The van der Waals surface area contributed by atoms with Crippen LogP contribution in [0.15, 0.2) is 18.3 Å². The van der Waals surface area contributed by atoms with E-state index < -0.39 is 0 Å². The van der Waals surface area contributed by atoms with E-state index in [9.17, 15) is 0 Å². The van der Waals surface area contributed by atoms with Gasteiger partial charge in [0, 0.05) is 10.9 Å². The molecule has 3 nitrogen and oxygen atoms in total. The first kappa shape index (κ1) is 16.1. The predicted octanol–water partition coefficient (Wildman–Crippen LogP) is 5.40. The quantitative estimate of drug-likeness (QED) is 0.706. The van der Waals surface area contributed by atoms with Gasteiger partial charge in [0.2, 0.25) is 0 Å². The Morgan fingerprint density at radius 2 is 1.81 bits per heavy atom. The summed E-state index contributed by atoms with van der Waals surface area (Å²) in [6.45, 7) is 8.00. The molecular formula is C16H18Cl2N2O. The number of benzene rings is 1. The summed E-state index contributed by atoms with van der Waals surface area (Å²) in [5, 5.41) is 0.696. The van der Waals surface area contributed by atoms with Gasteiger partial charge in [-0.25, -0.2) is 9.97 Å². The smallest absolute Gasteiger partial charge is 0.168 e. The average Bonchev–Trinajstić information content (AvgIpc) is 2.42. The molecule has 0 unspecified atom stereocenters. The van der Waals surface area contributed by atoms with Crippen LogP contribution in [0.4, 0.5) is 0 Å². The highest BCUT2D eigenvalue weighted by Gasteiger charge is 2.13. The Morgan fingerprint density at radius 1 is 1.19 bits per heavy atom. The number of rotatable bonds is 4. The third kappa shape index (κ3) is 3.66. The van der Waals surface area contributed by atoms with Crippen LogP contribution in [0.25, 0.3) is 0 Å². The first-order chi connectivity index (χ1) is 9.92. The van der Waals surface area contributed by atoms with Gasteiger partial charge in [-0.1, -0.05) is 25.4 Å². The normalized spacial score (nSPS) is 11.0. The van der Waals surface area contributed by atoms with Crippen molar-refractivity contribution in [2.24, 2.45) is 0 Å². The van der Waals surface area contributed by atoms with Crippen LogP contribution in [-0.4, -0.2) is 9.97 Å². The summed E-state index contributed by atoms with van der Waals surface area (Å²) >= 11 is 12.0. The molecule has 2 rings (SSSR count). The molecule has 0 amide bonds. The summed E-state index contributed by atoms with van der Waals surface area (Å²) in [4.78, 5) is 8.81. The molecule has 0 saturated heterocycles. The zero-order chi connectivity index (χ0) is 15.6. The van der Waals surface area contributed by atoms with Crippen molar-refractivity contribution in [2.45, 2.75) is 39.5 Å². The molecule has 0 saturated carbocycles. The van der Waals surface area contributed by atoms with E-state index in [-0.39, 0.29) is 11.8 Å². The highest BCUT2D eigenvalue weighted by molar-refractivity contribution is 6.30. The Hall–Kier alpha value is -1.32. The van der Waals surface area contributed by atoms with Crippen molar-refractivity contribution in [2.75, 3.05) is 0 Å². The van der Waals surface area contributed by atoms with E-state index in [0.717, 1.165) is 22.7 Å². The summed E-state index contributed by atoms with van der Waals surface area (Å²) in [5.41, 5.74) is 2.63. The van der Waals surface area contributed by atoms with E-state index in [4.69, 9.17) is 27.9 Å². The van der Waals surface area contributed by atoms with Crippen LogP contribution in [0.1, 0.15) is 42.4 Å². The topological polar surface area (TPSA) is 35.0 Å². The van der Waals surface area contributed by atoms with Gasteiger partial charge in [0.25, 0.3) is 0 Å².